The summed E-state index contributed by atoms with van der Waals surface area (Å²) >= 11 is 5.31. The lowest BCUT2D eigenvalue weighted by atomic mass is 9.94. The maximum atomic E-state index is 13.2. The Morgan fingerprint density at radius 2 is 1.97 bits per heavy atom. The fraction of sp³-hybridized carbons (Fsp3) is 0.273. The van der Waals surface area contributed by atoms with Gasteiger partial charge in [-0.1, -0.05) is 18.2 Å². The van der Waals surface area contributed by atoms with Crippen molar-refractivity contribution in [2.24, 2.45) is 0 Å². The minimum Gasteiger partial charge on any atom is -0.504 e. The van der Waals surface area contributed by atoms with E-state index in [0.717, 1.165) is 22.4 Å². The van der Waals surface area contributed by atoms with Crippen molar-refractivity contribution in [3.8, 4) is 11.5 Å². The number of hydrogen-bond donors (Lipinski definition) is 4. The number of carbonyl (C=O) groups is 1. The molecule has 1 heterocycles. The molecule has 152 valence electrons. The number of amides is 1. The van der Waals surface area contributed by atoms with Gasteiger partial charge in [-0.15, -0.1) is 0 Å². The van der Waals surface area contributed by atoms with Crippen LogP contribution < -0.4 is 20.7 Å². The lowest BCUT2D eigenvalue weighted by molar-refractivity contribution is -0.113. The smallest absolute Gasteiger partial charge is 0.255 e. The van der Waals surface area contributed by atoms with Crippen LogP contribution in [-0.4, -0.2) is 22.7 Å². The van der Waals surface area contributed by atoms with E-state index in [1.807, 2.05) is 45.9 Å². The molecule has 0 saturated heterocycles. The van der Waals surface area contributed by atoms with Crippen molar-refractivity contribution in [3.05, 3.63) is 64.4 Å². The van der Waals surface area contributed by atoms with Crippen LogP contribution in [0.5, 0.6) is 11.5 Å². The molecule has 0 saturated carbocycles. The first-order valence-electron chi connectivity index (χ1n) is 9.42. The summed E-state index contributed by atoms with van der Waals surface area (Å²) in [5.74, 6) is 0.187. The number of aromatic hydroxyl groups is 1. The second-order valence-electron chi connectivity index (χ2n) is 7.00. The van der Waals surface area contributed by atoms with Gasteiger partial charge in [0.2, 0.25) is 0 Å². The first-order valence-corrected chi connectivity index (χ1v) is 9.83. The highest BCUT2D eigenvalue weighted by Gasteiger charge is 2.30. The molecule has 2 aromatic rings. The van der Waals surface area contributed by atoms with Crippen LogP contribution in [-0.2, 0) is 4.79 Å². The average Bonchev–Trinajstić information content (AvgIpc) is 2.66. The van der Waals surface area contributed by atoms with Gasteiger partial charge in [0.05, 0.1) is 18.2 Å². The number of aryl methyl sites for hydroxylation is 2. The summed E-state index contributed by atoms with van der Waals surface area (Å²) in [6.45, 7) is 8.02. The van der Waals surface area contributed by atoms with Crippen LogP contribution in [0, 0.1) is 13.8 Å². The van der Waals surface area contributed by atoms with Crippen LogP contribution in [0.4, 0.5) is 5.69 Å². The Labute approximate surface area is 176 Å². The van der Waals surface area contributed by atoms with E-state index in [1.165, 1.54) is 0 Å². The van der Waals surface area contributed by atoms with Gasteiger partial charge in [0.15, 0.2) is 16.6 Å². The molecule has 1 atom stereocenters. The lowest BCUT2D eigenvalue weighted by Crippen LogP contribution is -2.45. The quantitative estimate of drug-likeness (QED) is 0.560. The molecule has 1 aliphatic rings. The second-order valence-corrected chi connectivity index (χ2v) is 7.41. The number of ether oxygens (including phenoxy) is 1. The molecule has 0 radical (unpaired) electrons. The molecule has 4 N–H and O–H groups in total. The van der Waals surface area contributed by atoms with Crippen molar-refractivity contribution in [2.75, 3.05) is 11.9 Å². The molecule has 7 heteroatoms. The zero-order valence-electron chi connectivity index (χ0n) is 16.9. The lowest BCUT2D eigenvalue weighted by Gasteiger charge is -2.30. The molecule has 0 fully saturated rings. The first kappa shape index (κ1) is 20.7. The van der Waals surface area contributed by atoms with Crippen molar-refractivity contribution in [2.45, 2.75) is 33.7 Å². The first-order chi connectivity index (χ1) is 13.8. The largest absolute Gasteiger partial charge is 0.504 e. The molecule has 1 amide bonds. The number of nitrogens with one attached hydrogen (secondary N) is 3. The van der Waals surface area contributed by atoms with Gasteiger partial charge in [-0.25, -0.2) is 0 Å². The van der Waals surface area contributed by atoms with Crippen LogP contribution in [0.2, 0.25) is 0 Å². The van der Waals surface area contributed by atoms with Crippen LogP contribution >= 0.6 is 12.2 Å². The number of phenolic OH excluding ortho intramolecular Hbond substituents is 1. The SMILES string of the molecule is CCOc1cc(C2NC(=S)NC(C)=C2C(=O)Nc2cc(C)ccc2C)ccc1O. The van der Waals surface area contributed by atoms with Crippen molar-refractivity contribution < 1.29 is 14.6 Å². The maximum absolute atomic E-state index is 13.2. The highest BCUT2D eigenvalue weighted by molar-refractivity contribution is 7.80. The van der Waals surface area contributed by atoms with Gasteiger partial charge in [0, 0.05) is 11.4 Å². The molecular formula is C22H25N3O3S. The molecule has 1 unspecified atom stereocenters. The van der Waals surface area contributed by atoms with Gasteiger partial charge in [0.25, 0.3) is 5.91 Å². The monoisotopic (exact) mass is 411 g/mol. The van der Waals surface area contributed by atoms with Gasteiger partial charge in [-0.05, 0) is 74.8 Å². The standard InChI is InChI=1S/C22H25N3O3S/c1-5-28-18-11-15(8-9-17(18)26)20-19(14(4)23-22(29)25-20)21(27)24-16-10-12(2)6-7-13(16)3/h6-11,20,26H,5H2,1-4H3,(H,24,27)(H2,23,25,29). The number of carbonyl (C=O) groups excluding carboxylic acids is 1. The summed E-state index contributed by atoms with van der Waals surface area (Å²) in [5.41, 5.74) is 4.77. The van der Waals surface area contributed by atoms with E-state index in [9.17, 15) is 9.90 Å². The number of rotatable bonds is 5. The number of thiocarbonyl (C=S) groups is 1. The van der Waals surface area contributed by atoms with E-state index in [2.05, 4.69) is 16.0 Å². The third-order valence-corrected chi connectivity index (χ3v) is 4.99. The molecule has 0 spiro atoms. The Hall–Kier alpha value is -3.06. The number of hydrogen-bond acceptors (Lipinski definition) is 4. The Bertz CT molecular complexity index is 1000. The summed E-state index contributed by atoms with van der Waals surface area (Å²) in [5, 5.41) is 19.7. The van der Waals surface area contributed by atoms with E-state index in [0.29, 0.717) is 28.7 Å². The van der Waals surface area contributed by atoms with Gasteiger partial charge in [-0.2, -0.15) is 0 Å². The molecule has 2 aromatic carbocycles. The molecular weight excluding hydrogens is 386 g/mol. The second kappa shape index (κ2) is 8.53. The van der Waals surface area contributed by atoms with Crippen molar-refractivity contribution in [3.63, 3.8) is 0 Å². The molecule has 0 aromatic heterocycles. The Kier molecular flexibility index (Phi) is 6.08. The highest BCUT2D eigenvalue weighted by Crippen LogP contribution is 2.34. The maximum Gasteiger partial charge on any atom is 0.255 e. The number of phenols is 1. The van der Waals surface area contributed by atoms with Crippen molar-refractivity contribution >= 4 is 28.9 Å². The Morgan fingerprint density at radius 1 is 1.21 bits per heavy atom. The summed E-state index contributed by atoms with van der Waals surface area (Å²) in [6.07, 6.45) is 0. The van der Waals surface area contributed by atoms with Crippen LogP contribution in [0.1, 0.15) is 36.6 Å². The summed E-state index contributed by atoms with van der Waals surface area (Å²) < 4.78 is 5.50. The minimum absolute atomic E-state index is 0.0502. The van der Waals surface area contributed by atoms with E-state index < -0.39 is 6.04 Å². The van der Waals surface area contributed by atoms with Gasteiger partial charge in [0.1, 0.15) is 0 Å². The van der Waals surface area contributed by atoms with Crippen molar-refractivity contribution in [1.82, 2.24) is 10.6 Å². The summed E-state index contributed by atoms with van der Waals surface area (Å²) in [6, 6.07) is 10.5. The highest BCUT2D eigenvalue weighted by atomic mass is 32.1. The van der Waals surface area contributed by atoms with E-state index in [-0.39, 0.29) is 11.7 Å². The minimum atomic E-state index is -0.478. The zero-order valence-corrected chi connectivity index (χ0v) is 17.7. The molecule has 0 aliphatic carbocycles. The normalized spacial score (nSPS) is 16.1. The Balaban J connectivity index is 1.99. The third kappa shape index (κ3) is 4.51. The summed E-state index contributed by atoms with van der Waals surface area (Å²) in [7, 11) is 0. The molecule has 0 bridgehead atoms. The number of anilines is 1. The molecule has 6 nitrogen and oxygen atoms in total. The van der Waals surface area contributed by atoms with Gasteiger partial charge in [-0.3, -0.25) is 4.79 Å². The molecule has 3 rings (SSSR count). The molecule has 29 heavy (non-hydrogen) atoms. The average molecular weight is 412 g/mol. The van der Waals surface area contributed by atoms with E-state index in [4.69, 9.17) is 17.0 Å². The van der Waals surface area contributed by atoms with Crippen LogP contribution in [0.3, 0.4) is 0 Å². The van der Waals surface area contributed by atoms with Gasteiger partial charge < -0.3 is 25.8 Å². The van der Waals surface area contributed by atoms with Crippen molar-refractivity contribution in [1.29, 1.82) is 0 Å². The Morgan fingerprint density at radius 3 is 2.69 bits per heavy atom. The topological polar surface area (TPSA) is 82.6 Å². The van der Waals surface area contributed by atoms with Crippen LogP contribution in [0.25, 0.3) is 0 Å². The molecule has 1 aliphatic heterocycles. The number of benzene rings is 2. The third-order valence-electron chi connectivity index (χ3n) is 4.77. The zero-order chi connectivity index (χ0) is 21.1. The predicted molar refractivity (Wildman–Crippen MR) is 118 cm³/mol. The van der Waals surface area contributed by atoms with E-state index >= 15 is 0 Å². The van der Waals surface area contributed by atoms with E-state index in [1.54, 1.807) is 18.2 Å². The summed E-state index contributed by atoms with van der Waals surface area (Å²) in [4.78, 5) is 13.2. The number of allylic oxidation sites excluding steroid dienone is 1. The predicted octanol–water partition coefficient (Wildman–Crippen LogP) is 3.84. The fourth-order valence-corrected chi connectivity index (χ4v) is 3.56. The van der Waals surface area contributed by atoms with Crippen LogP contribution in [0.15, 0.2) is 47.7 Å². The fourth-order valence-electron chi connectivity index (χ4n) is 3.29. The van der Waals surface area contributed by atoms with Gasteiger partial charge >= 0.3 is 0 Å².